The molecule has 3 rings (SSSR count). The number of aryl methyl sites for hydroxylation is 1. The maximum atomic E-state index is 10.6. The van der Waals surface area contributed by atoms with Gasteiger partial charge >= 0.3 is 5.97 Å². The van der Waals surface area contributed by atoms with Gasteiger partial charge in [-0.1, -0.05) is 6.07 Å². The van der Waals surface area contributed by atoms with Crippen molar-refractivity contribution in [2.24, 2.45) is 0 Å². The predicted octanol–water partition coefficient (Wildman–Crippen LogP) is 2.30. The van der Waals surface area contributed by atoms with E-state index in [1.54, 1.807) is 12.3 Å². The van der Waals surface area contributed by atoms with Crippen molar-refractivity contribution in [2.45, 2.75) is 12.8 Å². The summed E-state index contributed by atoms with van der Waals surface area (Å²) < 4.78 is 5.26. The fraction of sp³-hybridized carbons (Fsp3) is 0.143. The third kappa shape index (κ3) is 2.49. The summed E-state index contributed by atoms with van der Waals surface area (Å²) >= 11 is 0. The van der Waals surface area contributed by atoms with Gasteiger partial charge < -0.3 is 9.52 Å². The summed E-state index contributed by atoms with van der Waals surface area (Å²) in [4.78, 5) is 23.1. The highest BCUT2D eigenvalue weighted by molar-refractivity contribution is 5.78. The Labute approximate surface area is 114 Å². The second-order valence-electron chi connectivity index (χ2n) is 4.29. The molecule has 1 N–H and O–H groups in total. The van der Waals surface area contributed by atoms with Crippen LogP contribution in [0.1, 0.15) is 12.2 Å². The largest absolute Gasteiger partial charge is 0.481 e. The molecule has 0 radical (unpaired) electrons. The number of rotatable bonds is 4. The Balaban J connectivity index is 1.92. The van der Waals surface area contributed by atoms with E-state index in [2.05, 4.69) is 15.0 Å². The number of carboxylic acids is 1. The molecule has 0 saturated carbocycles. The van der Waals surface area contributed by atoms with Gasteiger partial charge in [0.15, 0.2) is 12.0 Å². The van der Waals surface area contributed by atoms with Gasteiger partial charge in [-0.25, -0.2) is 15.0 Å². The zero-order valence-electron chi connectivity index (χ0n) is 10.5. The van der Waals surface area contributed by atoms with Crippen molar-refractivity contribution in [2.75, 3.05) is 0 Å². The number of carboxylic acid groups (broad SMARTS) is 1. The van der Waals surface area contributed by atoms with Crippen LogP contribution in [0.15, 0.2) is 41.3 Å². The highest BCUT2D eigenvalue weighted by atomic mass is 16.4. The van der Waals surface area contributed by atoms with Gasteiger partial charge in [-0.15, -0.1) is 0 Å². The molecule has 3 aromatic rings. The molecule has 0 spiro atoms. The van der Waals surface area contributed by atoms with Gasteiger partial charge in [0.05, 0.1) is 12.1 Å². The van der Waals surface area contributed by atoms with Crippen molar-refractivity contribution >= 4 is 17.1 Å². The number of oxazole rings is 1. The van der Waals surface area contributed by atoms with E-state index >= 15 is 0 Å². The van der Waals surface area contributed by atoms with E-state index in [9.17, 15) is 4.79 Å². The average Bonchev–Trinajstić information content (AvgIpc) is 2.93. The van der Waals surface area contributed by atoms with E-state index < -0.39 is 5.97 Å². The minimum Gasteiger partial charge on any atom is -0.481 e. The maximum absolute atomic E-state index is 10.6. The molecule has 20 heavy (non-hydrogen) atoms. The quantitative estimate of drug-likeness (QED) is 0.781. The van der Waals surface area contributed by atoms with Crippen molar-refractivity contribution in [3.8, 4) is 11.3 Å². The molecule has 1 aromatic carbocycles. The highest BCUT2D eigenvalue weighted by Crippen LogP contribution is 2.22. The number of aliphatic carboxylic acids is 1. The summed E-state index contributed by atoms with van der Waals surface area (Å²) in [7, 11) is 0. The molecule has 0 aliphatic rings. The Morgan fingerprint density at radius 1 is 1.25 bits per heavy atom. The van der Waals surface area contributed by atoms with Crippen molar-refractivity contribution in [3.63, 3.8) is 0 Å². The second kappa shape index (κ2) is 5.08. The van der Waals surface area contributed by atoms with Crippen LogP contribution in [0, 0.1) is 0 Å². The lowest BCUT2D eigenvalue weighted by atomic mass is 10.1. The molecular formula is C14H11N3O3. The summed E-state index contributed by atoms with van der Waals surface area (Å²) in [5.41, 5.74) is 3.09. The van der Waals surface area contributed by atoms with E-state index in [4.69, 9.17) is 9.52 Å². The van der Waals surface area contributed by atoms with Crippen LogP contribution >= 0.6 is 0 Å². The van der Waals surface area contributed by atoms with Crippen molar-refractivity contribution in [1.29, 1.82) is 0 Å². The fourth-order valence-corrected chi connectivity index (χ4v) is 1.91. The molecule has 0 amide bonds. The Hall–Kier alpha value is -2.76. The van der Waals surface area contributed by atoms with Gasteiger partial charge in [-0.2, -0.15) is 0 Å². The Bertz CT molecular complexity index is 767. The van der Waals surface area contributed by atoms with E-state index in [1.165, 1.54) is 6.39 Å². The fourth-order valence-electron chi connectivity index (χ4n) is 1.91. The van der Waals surface area contributed by atoms with Crippen molar-refractivity contribution < 1.29 is 14.3 Å². The highest BCUT2D eigenvalue weighted by Gasteiger charge is 2.07. The Kier molecular flexibility index (Phi) is 3.12. The SMILES string of the molecule is O=C(O)CCc1nccc(-c2ccc3ncoc3c2)n1. The minimum atomic E-state index is -0.859. The monoisotopic (exact) mass is 269 g/mol. The average molecular weight is 269 g/mol. The molecule has 6 nitrogen and oxygen atoms in total. The lowest BCUT2D eigenvalue weighted by molar-refractivity contribution is -0.137. The van der Waals surface area contributed by atoms with Crippen LogP contribution in [0.5, 0.6) is 0 Å². The number of aromatic nitrogens is 3. The number of hydrogen-bond donors (Lipinski definition) is 1. The topological polar surface area (TPSA) is 89.1 Å². The third-order valence-corrected chi connectivity index (χ3v) is 2.89. The molecule has 0 aliphatic heterocycles. The van der Waals surface area contributed by atoms with E-state index in [1.807, 2.05) is 18.2 Å². The zero-order valence-corrected chi connectivity index (χ0v) is 10.5. The summed E-state index contributed by atoms with van der Waals surface area (Å²) in [6.07, 6.45) is 3.36. The summed E-state index contributed by atoms with van der Waals surface area (Å²) in [6.45, 7) is 0. The van der Waals surface area contributed by atoms with E-state index in [0.717, 1.165) is 16.8 Å². The molecule has 0 unspecified atom stereocenters. The van der Waals surface area contributed by atoms with Gasteiger partial charge in [-0.3, -0.25) is 4.79 Å². The van der Waals surface area contributed by atoms with Gasteiger partial charge in [0.1, 0.15) is 11.3 Å². The van der Waals surface area contributed by atoms with Crippen LogP contribution < -0.4 is 0 Å². The molecule has 2 aromatic heterocycles. The van der Waals surface area contributed by atoms with Gasteiger partial charge in [0.25, 0.3) is 0 Å². The van der Waals surface area contributed by atoms with E-state index in [0.29, 0.717) is 17.8 Å². The molecular weight excluding hydrogens is 258 g/mol. The Morgan fingerprint density at radius 3 is 3.00 bits per heavy atom. The number of nitrogens with zero attached hydrogens (tertiary/aromatic N) is 3. The number of fused-ring (bicyclic) bond motifs is 1. The molecule has 100 valence electrons. The minimum absolute atomic E-state index is 0.0184. The molecule has 0 saturated heterocycles. The number of hydrogen-bond acceptors (Lipinski definition) is 5. The molecule has 0 bridgehead atoms. The zero-order chi connectivity index (χ0) is 13.9. The van der Waals surface area contributed by atoms with Crippen LogP contribution in [0.2, 0.25) is 0 Å². The van der Waals surface area contributed by atoms with Crippen LogP contribution in [0.4, 0.5) is 0 Å². The maximum Gasteiger partial charge on any atom is 0.303 e. The molecule has 6 heteroatoms. The first kappa shape index (κ1) is 12.3. The van der Waals surface area contributed by atoms with Gasteiger partial charge in [0, 0.05) is 18.2 Å². The summed E-state index contributed by atoms with van der Waals surface area (Å²) in [6, 6.07) is 7.38. The smallest absolute Gasteiger partial charge is 0.303 e. The first-order valence-electron chi connectivity index (χ1n) is 6.10. The van der Waals surface area contributed by atoms with Crippen LogP contribution in [-0.2, 0) is 11.2 Å². The first-order valence-corrected chi connectivity index (χ1v) is 6.10. The second-order valence-corrected chi connectivity index (χ2v) is 4.29. The van der Waals surface area contributed by atoms with Crippen LogP contribution in [-0.4, -0.2) is 26.0 Å². The first-order chi connectivity index (χ1) is 9.72. The van der Waals surface area contributed by atoms with Crippen LogP contribution in [0.25, 0.3) is 22.4 Å². The molecule has 0 aliphatic carbocycles. The van der Waals surface area contributed by atoms with Crippen molar-refractivity contribution in [1.82, 2.24) is 15.0 Å². The van der Waals surface area contributed by atoms with Gasteiger partial charge in [-0.05, 0) is 18.2 Å². The normalized spacial score (nSPS) is 10.8. The standard InChI is InChI=1S/C14H11N3O3/c18-14(19)4-3-13-15-6-5-10(17-13)9-1-2-11-12(7-9)20-8-16-11/h1-2,5-8H,3-4H2,(H,18,19). The van der Waals surface area contributed by atoms with Gasteiger partial charge in [0.2, 0.25) is 0 Å². The lowest BCUT2D eigenvalue weighted by Gasteiger charge is -2.03. The van der Waals surface area contributed by atoms with E-state index in [-0.39, 0.29) is 6.42 Å². The third-order valence-electron chi connectivity index (χ3n) is 2.89. The Morgan fingerprint density at radius 2 is 2.15 bits per heavy atom. The molecule has 2 heterocycles. The lowest BCUT2D eigenvalue weighted by Crippen LogP contribution is -2.02. The molecule has 0 atom stereocenters. The number of benzene rings is 1. The number of carbonyl (C=O) groups is 1. The summed E-state index contributed by atoms with van der Waals surface area (Å²) in [5, 5.41) is 8.68. The summed E-state index contributed by atoms with van der Waals surface area (Å²) in [5.74, 6) is -0.343. The van der Waals surface area contributed by atoms with Crippen molar-refractivity contribution in [3.05, 3.63) is 42.7 Å². The van der Waals surface area contributed by atoms with Crippen LogP contribution in [0.3, 0.4) is 0 Å². The predicted molar refractivity (Wildman–Crippen MR) is 71.0 cm³/mol. The molecule has 0 fully saturated rings.